The predicted molar refractivity (Wildman–Crippen MR) is 94.1 cm³/mol. The van der Waals surface area contributed by atoms with Gasteiger partial charge in [0.1, 0.15) is 6.54 Å². The van der Waals surface area contributed by atoms with E-state index in [1.165, 1.54) is 0 Å². The molecule has 0 radical (unpaired) electrons. The van der Waals surface area contributed by atoms with Crippen LogP contribution < -0.4 is 9.62 Å². The van der Waals surface area contributed by atoms with Gasteiger partial charge in [-0.05, 0) is 17.9 Å². The lowest BCUT2D eigenvalue weighted by Gasteiger charge is -2.23. The molecule has 0 aliphatic carbocycles. The summed E-state index contributed by atoms with van der Waals surface area (Å²) in [5, 5.41) is 4.50. The molecule has 2 aromatic carbocycles. The molecule has 0 spiro atoms. The van der Waals surface area contributed by atoms with Crippen molar-refractivity contribution in [1.29, 1.82) is 0 Å². The van der Waals surface area contributed by atoms with Crippen molar-refractivity contribution < 1.29 is 13.2 Å². The molecule has 0 aliphatic rings. The second-order valence-corrected chi connectivity index (χ2v) is 7.38. The van der Waals surface area contributed by atoms with E-state index in [0.29, 0.717) is 12.2 Å². The molecule has 0 saturated carbocycles. The first-order chi connectivity index (χ1) is 10.9. The van der Waals surface area contributed by atoms with Gasteiger partial charge >= 0.3 is 0 Å². The minimum Gasteiger partial charge on any atom is -0.355 e. The molecular formula is C17H22N2O3S. The molecule has 1 N–H and O–H groups in total. The van der Waals surface area contributed by atoms with Crippen molar-refractivity contribution in [1.82, 2.24) is 5.32 Å². The Hall–Kier alpha value is -2.08. The van der Waals surface area contributed by atoms with Crippen molar-refractivity contribution in [3.8, 4) is 0 Å². The molecule has 0 heterocycles. The molecule has 2 aromatic rings. The summed E-state index contributed by atoms with van der Waals surface area (Å²) in [4.78, 5) is 12.1. The first-order valence-electron chi connectivity index (χ1n) is 7.65. The van der Waals surface area contributed by atoms with Crippen LogP contribution in [0, 0.1) is 0 Å². The number of carbonyl (C=O) groups is 1. The van der Waals surface area contributed by atoms with Crippen LogP contribution in [0.5, 0.6) is 0 Å². The fourth-order valence-electron chi connectivity index (χ4n) is 2.40. The molecule has 0 atom stereocenters. The molecular weight excluding hydrogens is 312 g/mol. The Bertz CT molecular complexity index is 782. The van der Waals surface area contributed by atoms with Gasteiger partial charge < -0.3 is 5.32 Å². The summed E-state index contributed by atoms with van der Waals surface area (Å²) < 4.78 is 25.5. The molecule has 0 unspecified atom stereocenters. The number of fused-ring (bicyclic) bond motifs is 1. The Morgan fingerprint density at radius 2 is 1.83 bits per heavy atom. The number of hydrogen-bond acceptors (Lipinski definition) is 3. The minimum atomic E-state index is -3.56. The third kappa shape index (κ3) is 4.45. The highest BCUT2D eigenvalue weighted by Crippen LogP contribution is 2.28. The van der Waals surface area contributed by atoms with Gasteiger partial charge in [-0.2, -0.15) is 0 Å². The summed E-state index contributed by atoms with van der Waals surface area (Å²) in [6.45, 7) is 2.38. The lowest BCUT2D eigenvalue weighted by molar-refractivity contribution is -0.119. The van der Waals surface area contributed by atoms with Gasteiger partial charge in [-0.25, -0.2) is 8.42 Å². The molecule has 0 aliphatic heterocycles. The van der Waals surface area contributed by atoms with E-state index >= 15 is 0 Å². The third-order valence-electron chi connectivity index (χ3n) is 3.58. The predicted octanol–water partition coefficient (Wildman–Crippen LogP) is 2.52. The average Bonchev–Trinajstić information content (AvgIpc) is 2.51. The van der Waals surface area contributed by atoms with Gasteiger partial charge in [0, 0.05) is 11.9 Å². The SMILES string of the molecule is CCCCNC(=O)CN(c1cccc2ccccc12)S(C)(=O)=O. The molecule has 6 heteroatoms. The highest BCUT2D eigenvalue weighted by atomic mass is 32.2. The van der Waals surface area contributed by atoms with Crippen LogP contribution in [0.4, 0.5) is 5.69 Å². The zero-order valence-corrected chi connectivity index (χ0v) is 14.3. The van der Waals surface area contributed by atoms with Crippen molar-refractivity contribution in [2.24, 2.45) is 0 Å². The summed E-state index contributed by atoms with van der Waals surface area (Å²) in [7, 11) is -3.56. The summed E-state index contributed by atoms with van der Waals surface area (Å²) >= 11 is 0. The smallest absolute Gasteiger partial charge is 0.240 e. The molecule has 0 saturated heterocycles. The van der Waals surface area contributed by atoms with Gasteiger partial charge in [-0.15, -0.1) is 0 Å². The summed E-state index contributed by atoms with van der Waals surface area (Å²) in [6, 6.07) is 13.0. The maximum Gasteiger partial charge on any atom is 0.240 e. The molecule has 0 bridgehead atoms. The molecule has 0 aromatic heterocycles. The van der Waals surface area contributed by atoms with Gasteiger partial charge in [0.2, 0.25) is 15.9 Å². The Morgan fingerprint density at radius 3 is 2.52 bits per heavy atom. The van der Waals surface area contributed by atoms with E-state index in [0.717, 1.165) is 34.2 Å². The number of rotatable bonds is 7. The van der Waals surface area contributed by atoms with Crippen molar-refractivity contribution in [3.63, 3.8) is 0 Å². The topological polar surface area (TPSA) is 66.5 Å². The van der Waals surface area contributed by atoms with Crippen LogP contribution in [0.1, 0.15) is 19.8 Å². The standard InChI is InChI=1S/C17H22N2O3S/c1-3-4-12-18-17(20)13-19(23(2,21)22)16-11-7-9-14-8-5-6-10-15(14)16/h5-11H,3-4,12-13H2,1-2H3,(H,18,20). The van der Waals surface area contributed by atoms with E-state index in [2.05, 4.69) is 5.32 Å². The second kappa shape index (κ2) is 7.46. The van der Waals surface area contributed by atoms with E-state index in [-0.39, 0.29) is 12.5 Å². The van der Waals surface area contributed by atoms with E-state index < -0.39 is 10.0 Å². The highest BCUT2D eigenvalue weighted by molar-refractivity contribution is 7.92. The van der Waals surface area contributed by atoms with Gasteiger partial charge in [0.15, 0.2) is 0 Å². The van der Waals surface area contributed by atoms with Crippen LogP contribution in [0.15, 0.2) is 42.5 Å². The number of carbonyl (C=O) groups excluding carboxylic acids is 1. The van der Waals surface area contributed by atoms with Crippen LogP contribution >= 0.6 is 0 Å². The van der Waals surface area contributed by atoms with Crippen LogP contribution in [-0.2, 0) is 14.8 Å². The molecule has 2 rings (SSSR count). The van der Waals surface area contributed by atoms with Crippen molar-refractivity contribution in [2.45, 2.75) is 19.8 Å². The van der Waals surface area contributed by atoms with Crippen LogP contribution in [0.2, 0.25) is 0 Å². The number of sulfonamides is 1. The lowest BCUT2D eigenvalue weighted by atomic mass is 10.1. The zero-order chi connectivity index (χ0) is 16.9. The minimum absolute atomic E-state index is 0.212. The van der Waals surface area contributed by atoms with Gasteiger partial charge in [-0.3, -0.25) is 9.10 Å². The number of amides is 1. The maximum absolute atomic E-state index is 12.2. The van der Waals surface area contributed by atoms with Crippen molar-refractivity contribution in [3.05, 3.63) is 42.5 Å². The molecule has 1 amide bonds. The molecule has 5 nitrogen and oxygen atoms in total. The number of nitrogens with one attached hydrogen (secondary N) is 1. The van der Waals surface area contributed by atoms with Gasteiger partial charge in [0.25, 0.3) is 0 Å². The number of benzene rings is 2. The Morgan fingerprint density at radius 1 is 1.13 bits per heavy atom. The average molecular weight is 334 g/mol. The Balaban J connectivity index is 2.34. The van der Waals surface area contributed by atoms with E-state index in [1.54, 1.807) is 12.1 Å². The van der Waals surface area contributed by atoms with Crippen LogP contribution in [0.3, 0.4) is 0 Å². The largest absolute Gasteiger partial charge is 0.355 e. The summed E-state index contributed by atoms with van der Waals surface area (Å²) in [5.41, 5.74) is 0.524. The van der Waals surface area contributed by atoms with Gasteiger partial charge in [-0.1, -0.05) is 49.7 Å². The Kier molecular flexibility index (Phi) is 5.60. The number of anilines is 1. The molecule has 23 heavy (non-hydrogen) atoms. The van der Waals surface area contributed by atoms with Crippen LogP contribution in [-0.4, -0.2) is 33.7 Å². The Labute approximate surface area is 137 Å². The van der Waals surface area contributed by atoms with Crippen LogP contribution in [0.25, 0.3) is 10.8 Å². The lowest BCUT2D eigenvalue weighted by Crippen LogP contribution is -2.40. The van der Waals surface area contributed by atoms with E-state index in [9.17, 15) is 13.2 Å². The van der Waals surface area contributed by atoms with Gasteiger partial charge in [0.05, 0.1) is 11.9 Å². The zero-order valence-electron chi connectivity index (χ0n) is 13.5. The van der Waals surface area contributed by atoms with E-state index in [1.807, 2.05) is 37.3 Å². The molecule has 0 fully saturated rings. The quantitative estimate of drug-likeness (QED) is 0.791. The van der Waals surface area contributed by atoms with Crippen molar-refractivity contribution in [2.75, 3.05) is 23.7 Å². The fraction of sp³-hybridized carbons (Fsp3) is 0.353. The van der Waals surface area contributed by atoms with E-state index in [4.69, 9.17) is 0 Å². The first kappa shape index (κ1) is 17.3. The monoisotopic (exact) mass is 334 g/mol. The normalized spacial score (nSPS) is 11.4. The maximum atomic E-state index is 12.2. The first-order valence-corrected chi connectivity index (χ1v) is 9.50. The summed E-state index contributed by atoms with van der Waals surface area (Å²) in [6.07, 6.45) is 2.96. The third-order valence-corrected chi connectivity index (χ3v) is 4.70. The summed E-state index contributed by atoms with van der Waals surface area (Å²) in [5.74, 6) is -0.295. The number of unbranched alkanes of at least 4 members (excludes halogenated alkanes) is 1. The second-order valence-electron chi connectivity index (χ2n) is 5.47. The molecule has 124 valence electrons. The van der Waals surface area contributed by atoms with Crippen molar-refractivity contribution >= 4 is 32.4 Å². The highest BCUT2D eigenvalue weighted by Gasteiger charge is 2.22. The number of hydrogen-bond donors (Lipinski definition) is 1. The number of nitrogens with zero attached hydrogens (tertiary/aromatic N) is 1. The fourth-order valence-corrected chi connectivity index (χ4v) is 3.27.